The molecule has 8 heteroatoms. The molecule has 1 aromatic carbocycles. The Bertz CT molecular complexity index is 1370. The van der Waals surface area contributed by atoms with E-state index in [2.05, 4.69) is 40.8 Å². The Morgan fingerprint density at radius 1 is 1.09 bits per heavy atom. The number of hydrogen-bond donors (Lipinski definition) is 1. The predicted octanol–water partition coefficient (Wildman–Crippen LogP) is 4.69. The van der Waals surface area contributed by atoms with Gasteiger partial charge >= 0.3 is 0 Å². The number of nitriles is 1. The van der Waals surface area contributed by atoms with E-state index in [9.17, 15) is 5.26 Å². The lowest BCUT2D eigenvalue weighted by molar-refractivity contribution is 0.210. The molecule has 7 nitrogen and oxygen atoms in total. The number of anilines is 1. The lowest BCUT2D eigenvalue weighted by atomic mass is 10.0. The highest BCUT2D eigenvalue weighted by Gasteiger charge is 2.22. The molecule has 4 aromatic rings. The van der Waals surface area contributed by atoms with Gasteiger partial charge in [-0.25, -0.2) is 4.52 Å². The van der Waals surface area contributed by atoms with Gasteiger partial charge in [0.2, 0.25) is 0 Å². The van der Waals surface area contributed by atoms with E-state index < -0.39 is 0 Å². The summed E-state index contributed by atoms with van der Waals surface area (Å²) in [7, 11) is 2.17. The number of hydrogen-bond acceptors (Lipinski definition) is 6. The molecule has 168 valence electrons. The molecule has 5 rings (SSSR count). The van der Waals surface area contributed by atoms with Crippen molar-refractivity contribution in [1.82, 2.24) is 24.3 Å². The van der Waals surface area contributed by atoms with Gasteiger partial charge < -0.3 is 10.6 Å². The SMILES string of the molecule is Cc1ccc(C#N)c(Sc2cc(-c3cnn(C4CCN(C)CC4)c3C)cn3ncc(N)c23)c1. The van der Waals surface area contributed by atoms with Crippen molar-refractivity contribution in [3.8, 4) is 17.2 Å². The van der Waals surface area contributed by atoms with Crippen LogP contribution in [0.25, 0.3) is 16.6 Å². The highest BCUT2D eigenvalue weighted by atomic mass is 32.2. The first-order chi connectivity index (χ1) is 15.9. The summed E-state index contributed by atoms with van der Waals surface area (Å²) in [6, 6.07) is 10.8. The quantitative estimate of drug-likeness (QED) is 0.478. The minimum atomic E-state index is 0.429. The molecule has 2 N–H and O–H groups in total. The van der Waals surface area contributed by atoms with Crippen LogP contribution in [0.15, 0.2) is 52.6 Å². The number of aryl methyl sites for hydroxylation is 1. The fourth-order valence-corrected chi connectivity index (χ4v) is 5.77. The maximum atomic E-state index is 9.61. The Balaban J connectivity index is 1.58. The highest BCUT2D eigenvalue weighted by molar-refractivity contribution is 7.99. The predicted molar refractivity (Wildman–Crippen MR) is 131 cm³/mol. The van der Waals surface area contributed by atoms with Crippen LogP contribution in [-0.4, -0.2) is 44.4 Å². The second kappa shape index (κ2) is 8.58. The molecule has 0 atom stereocenters. The summed E-state index contributed by atoms with van der Waals surface area (Å²) in [6.45, 7) is 6.36. The molecule has 1 saturated heterocycles. The number of aromatic nitrogens is 4. The molecule has 0 spiro atoms. The zero-order chi connectivity index (χ0) is 23.1. The Morgan fingerprint density at radius 3 is 2.64 bits per heavy atom. The van der Waals surface area contributed by atoms with Gasteiger partial charge in [0, 0.05) is 32.8 Å². The number of likely N-dealkylation sites (tertiary alicyclic amines) is 1. The molecule has 33 heavy (non-hydrogen) atoms. The van der Waals surface area contributed by atoms with E-state index in [1.165, 1.54) is 0 Å². The Kier molecular flexibility index (Phi) is 5.60. The molecule has 0 saturated carbocycles. The van der Waals surface area contributed by atoms with Crippen molar-refractivity contribution in [2.24, 2.45) is 0 Å². The van der Waals surface area contributed by atoms with Gasteiger partial charge in [-0.05, 0) is 70.6 Å². The first kappa shape index (κ1) is 21.6. The average Bonchev–Trinajstić information content (AvgIpc) is 3.37. The van der Waals surface area contributed by atoms with E-state index >= 15 is 0 Å². The molecule has 4 heterocycles. The molecule has 0 unspecified atom stereocenters. The van der Waals surface area contributed by atoms with Crippen molar-refractivity contribution >= 4 is 23.0 Å². The summed E-state index contributed by atoms with van der Waals surface area (Å²) in [4.78, 5) is 4.25. The van der Waals surface area contributed by atoms with Crippen LogP contribution >= 0.6 is 11.8 Å². The van der Waals surface area contributed by atoms with Gasteiger partial charge in [0.05, 0.1) is 29.7 Å². The van der Waals surface area contributed by atoms with Gasteiger partial charge in [0.1, 0.15) is 11.6 Å². The largest absolute Gasteiger partial charge is 0.396 e. The van der Waals surface area contributed by atoms with E-state index in [1.54, 1.807) is 18.0 Å². The van der Waals surface area contributed by atoms with Crippen LogP contribution in [0, 0.1) is 25.2 Å². The molecular weight excluding hydrogens is 430 g/mol. The zero-order valence-electron chi connectivity index (χ0n) is 19.1. The number of nitrogen functional groups attached to an aromatic ring is 1. The van der Waals surface area contributed by atoms with Crippen LogP contribution in [-0.2, 0) is 0 Å². The summed E-state index contributed by atoms with van der Waals surface area (Å²) in [5.41, 5.74) is 12.8. The number of benzene rings is 1. The molecule has 3 aromatic heterocycles. The lowest BCUT2D eigenvalue weighted by Gasteiger charge is -2.29. The van der Waals surface area contributed by atoms with Gasteiger partial charge in [-0.2, -0.15) is 15.5 Å². The highest BCUT2D eigenvalue weighted by Crippen LogP contribution is 2.39. The van der Waals surface area contributed by atoms with Crippen LogP contribution < -0.4 is 5.73 Å². The van der Waals surface area contributed by atoms with Crippen LogP contribution in [0.1, 0.15) is 35.7 Å². The Labute approximate surface area is 197 Å². The second-order valence-corrected chi connectivity index (χ2v) is 9.91. The minimum absolute atomic E-state index is 0.429. The number of pyridine rings is 1. The number of nitrogens with two attached hydrogens (primary N) is 1. The molecule has 0 aliphatic carbocycles. The molecule has 0 amide bonds. The Morgan fingerprint density at radius 2 is 1.88 bits per heavy atom. The number of piperidine rings is 1. The standard InChI is InChI=1S/C25H27N7S/c1-16-4-5-18(12-26)23(10-16)33-24-11-19(15-31-25(24)22(27)14-28-31)21-13-29-32(17(21)2)20-6-8-30(3)9-7-20/h4-5,10-11,13-15,20H,6-9,27H2,1-3H3. The van der Waals surface area contributed by atoms with Crippen molar-refractivity contribution in [1.29, 1.82) is 5.26 Å². The van der Waals surface area contributed by atoms with E-state index in [0.29, 0.717) is 17.3 Å². The maximum Gasteiger partial charge on any atom is 0.103 e. The van der Waals surface area contributed by atoms with Crippen molar-refractivity contribution in [3.63, 3.8) is 0 Å². The number of nitrogens with zero attached hydrogens (tertiary/aromatic N) is 6. The Hall–Kier alpha value is -3.28. The molecule has 0 radical (unpaired) electrons. The van der Waals surface area contributed by atoms with Gasteiger partial charge in [-0.15, -0.1) is 0 Å². The van der Waals surface area contributed by atoms with Gasteiger partial charge in [-0.3, -0.25) is 4.68 Å². The van der Waals surface area contributed by atoms with Crippen molar-refractivity contribution in [2.75, 3.05) is 25.9 Å². The van der Waals surface area contributed by atoms with E-state index in [1.807, 2.05) is 42.0 Å². The second-order valence-electron chi connectivity index (χ2n) is 8.82. The van der Waals surface area contributed by atoms with Gasteiger partial charge in [0.25, 0.3) is 0 Å². The topological polar surface area (TPSA) is 88.2 Å². The third-order valence-electron chi connectivity index (χ3n) is 6.47. The first-order valence-electron chi connectivity index (χ1n) is 11.1. The van der Waals surface area contributed by atoms with E-state index in [0.717, 1.165) is 63.6 Å². The summed E-state index contributed by atoms with van der Waals surface area (Å²) in [5, 5.41) is 18.9. The number of rotatable bonds is 4. The monoisotopic (exact) mass is 457 g/mol. The fourth-order valence-electron chi connectivity index (χ4n) is 4.57. The summed E-state index contributed by atoms with van der Waals surface area (Å²) >= 11 is 1.55. The maximum absolute atomic E-state index is 9.61. The van der Waals surface area contributed by atoms with Crippen LogP contribution in [0.2, 0.25) is 0 Å². The smallest absolute Gasteiger partial charge is 0.103 e. The van der Waals surface area contributed by atoms with E-state index in [4.69, 9.17) is 10.8 Å². The van der Waals surface area contributed by atoms with Crippen LogP contribution in [0.5, 0.6) is 0 Å². The zero-order valence-corrected chi connectivity index (χ0v) is 19.9. The summed E-state index contributed by atoms with van der Waals surface area (Å²) in [5.74, 6) is 0. The molecule has 1 fully saturated rings. The van der Waals surface area contributed by atoms with Crippen LogP contribution in [0.3, 0.4) is 0 Å². The fraction of sp³-hybridized carbons (Fsp3) is 0.320. The summed E-state index contributed by atoms with van der Waals surface area (Å²) in [6.07, 6.45) is 7.88. The third kappa shape index (κ3) is 3.99. The number of fused-ring (bicyclic) bond motifs is 1. The van der Waals surface area contributed by atoms with Gasteiger partial charge in [0.15, 0.2) is 0 Å². The third-order valence-corrected chi connectivity index (χ3v) is 7.56. The molecular formula is C25H27N7S. The molecule has 0 bridgehead atoms. The first-order valence-corrected chi connectivity index (χ1v) is 11.9. The molecule has 1 aliphatic heterocycles. The molecule has 1 aliphatic rings. The normalized spacial score (nSPS) is 15.2. The van der Waals surface area contributed by atoms with Crippen molar-refractivity contribution < 1.29 is 0 Å². The van der Waals surface area contributed by atoms with Crippen LogP contribution in [0.4, 0.5) is 5.69 Å². The average molecular weight is 458 g/mol. The van der Waals surface area contributed by atoms with Crippen molar-refractivity contribution in [2.45, 2.75) is 42.5 Å². The van der Waals surface area contributed by atoms with E-state index in [-0.39, 0.29) is 0 Å². The van der Waals surface area contributed by atoms with Crippen molar-refractivity contribution in [3.05, 3.63) is 59.7 Å². The minimum Gasteiger partial charge on any atom is -0.396 e. The lowest BCUT2D eigenvalue weighted by Crippen LogP contribution is -2.32. The summed E-state index contributed by atoms with van der Waals surface area (Å²) < 4.78 is 4.02. The van der Waals surface area contributed by atoms with Gasteiger partial charge in [-0.1, -0.05) is 17.8 Å².